The number of benzene rings is 2. The van der Waals surface area contributed by atoms with E-state index in [2.05, 4.69) is 20.6 Å². The number of nitrogens with zero attached hydrogens (tertiary/aromatic N) is 2. The average Bonchev–Trinajstić information content (AvgIpc) is 2.70. The number of halogens is 1. The maximum absolute atomic E-state index is 14.2. The molecule has 8 heteroatoms. The van der Waals surface area contributed by atoms with Gasteiger partial charge in [0.05, 0.1) is 20.4 Å². The van der Waals surface area contributed by atoms with Crippen molar-refractivity contribution in [3.8, 4) is 11.5 Å². The number of hydrogen-bond acceptors (Lipinski definition) is 7. The lowest BCUT2D eigenvalue weighted by atomic mass is 10.2. The predicted octanol–water partition coefficient (Wildman–Crippen LogP) is 3.58. The van der Waals surface area contributed by atoms with Crippen LogP contribution in [0, 0.1) is 5.82 Å². The summed E-state index contributed by atoms with van der Waals surface area (Å²) in [5.41, 5.74) is 7.94. The van der Waals surface area contributed by atoms with Gasteiger partial charge in [-0.25, -0.2) is 9.37 Å². The third-order valence-corrected chi connectivity index (χ3v) is 3.80. The normalized spacial score (nSPS) is 10.4. The molecule has 7 nitrogen and oxygen atoms in total. The van der Waals surface area contributed by atoms with E-state index in [4.69, 9.17) is 15.2 Å². The lowest BCUT2D eigenvalue weighted by molar-refractivity contribution is 0.395. The van der Waals surface area contributed by atoms with Crippen LogP contribution in [0.5, 0.6) is 11.5 Å². The molecule has 3 rings (SSSR count). The minimum absolute atomic E-state index is 0.0291. The third kappa shape index (κ3) is 4.62. The second kappa shape index (κ2) is 8.33. The Morgan fingerprint density at radius 2 is 1.63 bits per heavy atom. The van der Waals surface area contributed by atoms with Gasteiger partial charge in [-0.05, 0) is 17.7 Å². The zero-order valence-electron chi connectivity index (χ0n) is 15.0. The van der Waals surface area contributed by atoms with Crippen LogP contribution in [-0.4, -0.2) is 24.2 Å². The molecule has 0 radical (unpaired) electrons. The first-order valence-electron chi connectivity index (χ1n) is 8.20. The van der Waals surface area contributed by atoms with E-state index >= 15 is 0 Å². The minimum Gasteiger partial charge on any atom is -0.497 e. The summed E-state index contributed by atoms with van der Waals surface area (Å²) in [6.45, 7) is 0.464. The maximum Gasteiger partial charge on any atom is 0.229 e. The van der Waals surface area contributed by atoms with Crippen molar-refractivity contribution in [1.82, 2.24) is 9.97 Å². The van der Waals surface area contributed by atoms with E-state index in [1.165, 1.54) is 0 Å². The number of methoxy groups -OCH3 is 2. The van der Waals surface area contributed by atoms with E-state index in [1.807, 2.05) is 24.3 Å². The highest BCUT2D eigenvalue weighted by atomic mass is 19.1. The number of anilines is 4. The lowest BCUT2D eigenvalue weighted by Gasteiger charge is -2.12. The zero-order valence-corrected chi connectivity index (χ0v) is 15.0. The summed E-state index contributed by atoms with van der Waals surface area (Å²) in [4.78, 5) is 8.18. The van der Waals surface area contributed by atoms with Gasteiger partial charge in [0.2, 0.25) is 5.95 Å². The molecule has 140 valence electrons. The molecule has 0 bridgehead atoms. The van der Waals surface area contributed by atoms with Crippen molar-refractivity contribution in [2.75, 3.05) is 24.9 Å². The summed E-state index contributed by atoms with van der Waals surface area (Å²) in [5.74, 6) is 0.853. The lowest BCUT2D eigenvalue weighted by Crippen LogP contribution is -2.04. The maximum atomic E-state index is 14.2. The summed E-state index contributed by atoms with van der Waals surface area (Å²) in [6, 6.07) is 12.6. The number of rotatable bonds is 7. The van der Waals surface area contributed by atoms with E-state index < -0.39 is 5.82 Å². The van der Waals surface area contributed by atoms with Crippen LogP contribution in [0.15, 0.2) is 48.7 Å². The molecule has 0 aliphatic rings. The summed E-state index contributed by atoms with van der Waals surface area (Å²) >= 11 is 0. The SMILES string of the molecule is COc1cc(Nc2nc(Nc3ccc(CN)cc3)ncc2F)cc(OC)c1. The number of ether oxygens (including phenoxy) is 2. The molecule has 2 aromatic carbocycles. The van der Waals surface area contributed by atoms with Crippen molar-refractivity contribution in [1.29, 1.82) is 0 Å². The molecular formula is C19H20FN5O2. The summed E-state index contributed by atoms with van der Waals surface area (Å²) in [6.07, 6.45) is 1.10. The number of nitrogens with two attached hydrogens (primary N) is 1. The van der Waals surface area contributed by atoms with Gasteiger partial charge in [-0.1, -0.05) is 12.1 Å². The fourth-order valence-corrected chi connectivity index (χ4v) is 2.38. The highest BCUT2D eigenvalue weighted by molar-refractivity contribution is 5.63. The second-order valence-corrected chi connectivity index (χ2v) is 5.64. The van der Waals surface area contributed by atoms with Gasteiger partial charge in [-0.3, -0.25) is 0 Å². The van der Waals surface area contributed by atoms with Crippen LogP contribution in [-0.2, 0) is 6.54 Å². The van der Waals surface area contributed by atoms with Crippen LogP contribution < -0.4 is 25.8 Å². The number of hydrogen-bond donors (Lipinski definition) is 3. The topological polar surface area (TPSA) is 94.3 Å². The molecule has 0 atom stereocenters. The monoisotopic (exact) mass is 369 g/mol. The molecule has 1 heterocycles. The Morgan fingerprint density at radius 1 is 0.963 bits per heavy atom. The Kier molecular flexibility index (Phi) is 5.68. The molecule has 0 aliphatic heterocycles. The van der Waals surface area contributed by atoms with Crippen molar-refractivity contribution >= 4 is 23.1 Å². The van der Waals surface area contributed by atoms with Crippen molar-refractivity contribution in [2.45, 2.75) is 6.54 Å². The molecule has 0 fully saturated rings. The molecule has 1 aromatic heterocycles. The fourth-order valence-electron chi connectivity index (χ4n) is 2.38. The Morgan fingerprint density at radius 3 is 2.22 bits per heavy atom. The number of nitrogens with one attached hydrogen (secondary N) is 2. The summed E-state index contributed by atoms with van der Waals surface area (Å²) < 4.78 is 24.6. The van der Waals surface area contributed by atoms with E-state index in [0.29, 0.717) is 23.7 Å². The second-order valence-electron chi connectivity index (χ2n) is 5.64. The van der Waals surface area contributed by atoms with Crippen LogP contribution in [0.4, 0.5) is 27.5 Å². The first kappa shape index (κ1) is 18.4. The molecule has 0 aliphatic carbocycles. The van der Waals surface area contributed by atoms with Gasteiger partial charge < -0.3 is 25.8 Å². The van der Waals surface area contributed by atoms with Crippen LogP contribution >= 0.6 is 0 Å². The minimum atomic E-state index is -0.583. The van der Waals surface area contributed by atoms with Gasteiger partial charge in [-0.15, -0.1) is 0 Å². The van der Waals surface area contributed by atoms with Gasteiger partial charge in [0.1, 0.15) is 11.5 Å². The van der Waals surface area contributed by atoms with E-state index in [0.717, 1.165) is 17.4 Å². The van der Waals surface area contributed by atoms with Crippen molar-refractivity contribution in [3.05, 3.63) is 60.0 Å². The first-order valence-corrected chi connectivity index (χ1v) is 8.20. The van der Waals surface area contributed by atoms with E-state index in [9.17, 15) is 4.39 Å². The van der Waals surface area contributed by atoms with Crippen molar-refractivity contribution < 1.29 is 13.9 Å². The molecule has 27 heavy (non-hydrogen) atoms. The molecule has 0 spiro atoms. The molecular weight excluding hydrogens is 349 g/mol. The van der Waals surface area contributed by atoms with Gasteiger partial charge in [-0.2, -0.15) is 4.98 Å². The van der Waals surface area contributed by atoms with Crippen LogP contribution in [0.25, 0.3) is 0 Å². The zero-order chi connectivity index (χ0) is 19.2. The Labute approximate surface area is 156 Å². The van der Waals surface area contributed by atoms with Crippen LogP contribution in [0.3, 0.4) is 0 Å². The van der Waals surface area contributed by atoms with E-state index in [1.54, 1.807) is 32.4 Å². The predicted molar refractivity (Wildman–Crippen MR) is 102 cm³/mol. The molecule has 0 saturated heterocycles. The smallest absolute Gasteiger partial charge is 0.229 e. The fraction of sp³-hybridized carbons (Fsp3) is 0.158. The van der Waals surface area contributed by atoms with Crippen molar-refractivity contribution in [2.24, 2.45) is 5.73 Å². The van der Waals surface area contributed by atoms with Gasteiger partial charge in [0.15, 0.2) is 11.6 Å². The molecule has 4 N–H and O–H groups in total. The third-order valence-electron chi connectivity index (χ3n) is 3.80. The van der Waals surface area contributed by atoms with Crippen LogP contribution in [0.1, 0.15) is 5.56 Å². The molecule has 0 unspecified atom stereocenters. The average molecular weight is 369 g/mol. The van der Waals surface area contributed by atoms with Gasteiger partial charge >= 0.3 is 0 Å². The summed E-state index contributed by atoms with van der Waals surface area (Å²) in [5, 5.41) is 5.96. The molecule has 3 aromatic rings. The van der Waals surface area contributed by atoms with E-state index in [-0.39, 0.29) is 11.8 Å². The molecule has 0 amide bonds. The summed E-state index contributed by atoms with van der Waals surface area (Å²) in [7, 11) is 3.09. The largest absolute Gasteiger partial charge is 0.497 e. The number of aromatic nitrogens is 2. The van der Waals surface area contributed by atoms with Crippen molar-refractivity contribution in [3.63, 3.8) is 0 Å². The van der Waals surface area contributed by atoms with Gasteiger partial charge in [0, 0.05) is 36.1 Å². The Balaban J connectivity index is 1.82. The Bertz CT molecular complexity index is 896. The van der Waals surface area contributed by atoms with Gasteiger partial charge in [0.25, 0.3) is 0 Å². The quantitative estimate of drug-likeness (QED) is 0.586. The first-order chi connectivity index (χ1) is 13.1. The highest BCUT2D eigenvalue weighted by Gasteiger charge is 2.10. The molecule has 0 saturated carbocycles. The standard InChI is InChI=1S/C19H20FN5O2/c1-26-15-7-14(8-16(9-15)27-2)23-18-17(20)11-22-19(25-18)24-13-5-3-12(10-21)4-6-13/h3-9,11H,10,21H2,1-2H3,(H2,22,23,24,25). The highest BCUT2D eigenvalue weighted by Crippen LogP contribution is 2.28. The van der Waals surface area contributed by atoms with Crippen LogP contribution in [0.2, 0.25) is 0 Å². The Hall–Kier alpha value is -3.39.